The summed E-state index contributed by atoms with van der Waals surface area (Å²) < 4.78 is 25.4. The lowest BCUT2D eigenvalue weighted by Crippen LogP contribution is -2.43. The number of anilines is 1. The Morgan fingerprint density at radius 2 is 1.72 bits per heavy atom. The molecule has 1 spiro atoms. The maximum atomic E-state index is 14.0. The first kappa shape index (κ1) is 32.2. The molecule has 2 amide bonds. The average Bonchev–Trinajstić information content (AvgIpc) is 3.92. The van der Waals surface area contributed by atoms with Gasteiger partial charge in [-0.25, -0.2) is 18.4 Å². The fourth-order valence-electron chi connectivity index (χ4n) is 7.62. The molecule has 0 bridgehead atoms. The van der Waals surface area contributed by atoms with Gasteiger partial charge in [0.15, 0.2) is 20.7 Å². The lowest BCUT2D eigenvalue weighted by atomic mass is 9.85. The summed E-state index contributed by atoms with van der Waals surface area (Å²) in [5.41, 5.74) is 7.16. The van der Waals surface area contributed by atoms with E-state index in [0.717, 1.165) is 71.3 Å². The highest BCUT2D eigenvalue weighted by atomic mass is 32.2. The van der Waals surface area contributed by atoms with Crippen LogP contribution in [0.3, 0.4) is 0 Å². The highest BCUT2D eigenvalue weighted by Crippen LogP contribution is 2.43. The summed E-state index contributed by atoms with van der Waals surface area (Å²) >= 11 is 0. The Labute approximate surface area is 291 Å². The molecule has 6 heterocycles. The maximum Gasteiger partial charge on any atom is 0.237 e. The maximum absolute atomic E-state index is 14.0. The Kier molecular flexibility index (Phi) is 7.98. The third kappa shape index (κ3) is 5.94. The molecule has 2 aromatic carbocycles. The molecule has 8 rings (SSSR count). The van der Waals surface area contributed by atoms with Gasteiger partial charge in [0.05, 0.1) is 24.2 Å². The summed E-state index contributed by atoms with van der Waals surface area (Å²) in [5.74, 6) is 0.909. The van der Waals surface area contributed by atoms with Gasteiger partial charge in [0, 0.05) is 68.1 Å². The van der Waals surface area contributed by atoms with Crippen molar-refractivity contribution in [2.45, 2.75) is 30.8 Å². The Bertz CT molecular complexity index is 2170. The van der Waals surface area contributed by atoms with E-state index in [4.69, 9.17) is 4.99 Å². The molecule has 12 nitrogen and oxygen atoms in total. The number of carbonyl (C=O) groups is 2. The molecular weight excluding hydrogens is 653 g/mol. The second kappa shape index (κ2) is 12.4. The quantitative estimate of drug-likeness (QED) is 0.288. The minimum absolute atomic E-state index is 0.0218. The van der Waals surface area contributed by atoms with E-state index >= 15 is 0 Å². The van der Waals surface area contributed by atoms with Crippen LogP contribution in [-0.2, 0) is 33.0 Å². The van der Waals surface area contributed by atoms with Gasteiger partial charge in [0.2, 0.25) is 11.8 Å². The van der Waals surface area contributed by atoms with E-state index in [1.807, 2.05) is 47.2 Å². The van der Waals surface area contributed by atoms with Gasteiger partial charge in [-0.15, -0.1) is 0 Å². The van der Waals surface area contributed by atoms with Gasteiger partial charge in [-0.3, -0.25) is 24.2 Å². The second-order valence-corrected chi connectivity index (χ2v) is 15.7. The van der Waals surface area contributed by atoms with Crippen LogP contribution in [0.15, 0.2) is 83.2 Å². The van der Waals surface area contributed by atoms with Crippen LogP contribution in [0.25, 0.3) is 17.0 Å². The molecule has 0 aliphatic carbocycles. The van der Waals surface area contributed by atoms with Gasteiger partial charge in [0.25, 0.3) is 0 Å². The summed E-state index contributed by atoms with van der Waals surface area (Å²) in [4.78, 5) is 46.5. The Morgan fingerprint density at radius 1 is 0.940 bits per heavy atom. The first-order valence-corrected chi connectivity index (χ1v) is 18.8. The molecule has 1 atom stereocenters. The van der Waals surface area contributed by atoms with E-state index in [0.29, 0.717) is 45.1 Å². The van der Waals surface area contributed by atoms with Crippen LogP contribution < -0.4 is 4.90 Å². The largest absolute Gasteiger partial charge is 0.338 e. The summed E-state index contributed by atoms with van der Waals surface area (Å²) in [6, 6.07) is 17.5. The number of amides is 2. The van der Waals surface area contributed by atoms with Crippen LogP contribution in [0.1, 0.15) is 41.5 Å². The number of pyridine rings is 1. The number of rotatable bonds is 7. The van der Waals surface area contributed by atoms with E-state index in [9.17, 15) is 18.0 Å². The fourth-order valence-corrected chi connectivity index (χ4v) is 8.18. The SMILES string of the molecule is Cn1cnc(-c2ccc(C3=CCN(C(=O)CN4CC[C@]5(CCN(c6ccc7c(c6)C(c6ccc(S(C)(=O)=O)nc6)=NC7)C5=O)C4)CC3)cc2)n1. The smallest absolute Gasteiger partial charge is 0.237 e. The van der Waals surface area contributed by atoms with Crippen molar-refractivity contribution in [1.82, 2.24) is 29.5 Å². The number of benzene rings is 2. The lowest BCUT2D eigenvalue weighted by molar-refractivity contribution is -0.132. The summed E-state index contributed by atoms with van der Waals surface area (Å²) in [6.45, 7) is 3.99. The molecule has 0 saturated carbocycles. The third-order valence-electron chi connectivity index (χ3n) is 10.4. The minimum Gasteiger partial charge on any atom is -0.338 e. The van der Waals surface area contributed by atoms with Gasteiger partial charge in [0.1, 0.15) is 6.33 Å². The van der Waals surface area contributed by atoms with Gasteiger partial charge >= 0.3 is 0 Å². The monoisotopic (exact) mass is 690 g/mol. The van der Waals surface area contributed by atoms with Crippen molar-refractivity contribution in [1.29, 1.82) is 0 Å². The number of hydrogen-bond donors (Lipinski definition) is 0. The zero-order valence-electron chi connectivity index (χ0n) is 28.1. The molecule has 0 N–H and O–H groups in total. The van der Waals surface area contributed by atoms with Crippen LogP contribution in [-0.4, -0.2) is 101 Å². The van der Waals surface area contributed by atoms with Gasteiger partial charge in [-0.05, 0) is 66.8 Å². The number of aryl methyl sites for hydroxylation is 1. The van der Waals surface area contributed by atoms with E-state index < -0.39 is 15.3 Å². The molecule has 0 unspecified atom stereocenters. The average molecular weight is 691 g/mol. The molecule has 50 heavy (non-hydrogen) atoms. The molecule has 4 aromatic rings. The van der Waals surface area contributed by atoms with Crippen LogP contribution in [0.2, 0.25) is 0 Å². The summed E-state index contributed by atoms with van der Waals surface area (Å²) in [7, 11) is -1.55. The van der Waals surface area contributed by atoms with Crippen LogP contribution >= 0.6 is 0 Å². The van der Waals surface area contributed by atoms with E-state index in [-0.39, 0.29) is 16.8 Å². The normalized spacial score (nSPS) is 20.8. The molecule has 13 heteroatoms. The lowest BCUT2D eigenvalue weighted by Gasteiger charge is -2.29. The zero-order chi connectivity index (χ0) is 34.6. The van der Waals surface area contributed by atoms with Crippen molar-refractivity contribution in [2.75, 3.05) is 50.4 Å². The number of hydrogen-bond acceptors (Lipinski definition) is 9. The standard InChI is InChI=1S/C37H38N8O4S/c1-42-24-40-35(41-42)27-5-3-25(4-6-27)26-11-15-44(16-12-26)33(46)22-43-17-13-37(23-43)14-18-45(36(37)47)30-9-7-28-20-39-34(31(28)19-30)29-8-10-32(38-21-29)50(2,48)49/h3-11,19,21,24H,12-18,20,22-23H2,1-2H3/t37-/m0/s1. The van der Waals surface area contributed by atoms with Crippen LogP contribution in [0.4, 0.5) is 5.69 Å². The highest BCUT2D eigenvalue weighted by molar-refractivity contribution is 7.90. The van der Waals surface area contributed by atoms with Crippen molar-refractivity contribution in [3.05, 3.63) is 95.5 Å². The summed E-state index contributed by atoms with van der Waals surface area (Å²) in [5, 5.41) is 4.39. The van der Waals surface area contributed by atoms with Crippen molar-refractivity contribution in [3.8, 4) is 11.4 Å². The number of likely N-dealkylation sites (tertiary alicyclic amines) is 1. The zero-order valence-corrected chi connectivity index (χ0v) is 28.9. The fraction of sp³-hybridized carbons (Fsp3) is 0.351. The molecule has 2 fully saturated rings. The van der Waals surface area contributed by atoms with E-state index in [2.05, 4.69) is 38.2 Å². The van der Waals surface area contributed by atoms with E-state index in [1.165, 1.54) is 11.6 Å². The number of aromatic nitrogens is 4. The molecule has 2 saturated heterocycles. The van der Waals surface area contributed by atoms with Crippen molar-refractivity contribution in [3.63, 3.8) is 0 Å². The summed E-state index contributed by atoms with van der Waals surface area (Å²) in [6.07, 6.45) is 8.79. The third-order valence-corrected chi connectivity index (χ3v) is 11.4. The van der Waals surface area contributed by atoms with Crippen LogP contribution in [0, 0.1) is 5.41 Å². The molecule has 2 aromatic heterocycles. The molecule has 0 radical (unpaired) electrons. The molecule has 4 aliphatic rings. The Hall–Kier alpha value is -5.01. The van der Waals surface area contributed by atoms with Crippen LogP contribution in [0.5, 0.6) is 0 Å². The first-order valence-electron chi connectivity index (χ1n) is 16.9. The Morgan fingerprint density at radius 3 is 2.42 bits per heavy atom. The number of sulfone groups is 1. The predicted molar refractivity (Wildman–Crippen MR) is 189 cm³/mol. The number of carbonyl (C=O) groups excluding carboxylic acids is 2. The number of fused-ring (bicyclic) bond motifs is 1. The molecule has 256 valence electrons. The van der Waals surface area contributed by atoms with Crippen molar-refractivity contribution in [2.24, 2.45) is 17.5 Å². The van der Waals surface area contributed by atoms with Crippen molar-refractivity contribution >= 4 is 38.6 Å². The van der Waals surface area contributed by atoms with Gasteiger partial charge in [-0.1, -0.05) is 36.4 Å². The number of aliphatic imine (C=N–C) groups is 1. The predicted octanol–water partition coefficient (Wildman–Crippen LogP) is 3.38. The first-order chi connectivity index (χ1) is 24.1. The van der Waals surface area contributed by atoms with E-state index in [1.54, 1.807) is 23.3 Å². The highest BCUT2D eigenvalue weighted by Gasteiger charge is 2.51. The molecule has 4 aliphatic heterocycles. The van der Waals surface area contributed by atoms with Gasteiger partial charge < -0.3 is 9.80 Å². The van der Waals surface area contributed by atoms with Gasteiger partial charge in [-0.2, -0.15) is 5.10 Å². The Balaban J connectivity index is 0.885. The topological polar surface area (TPSA) is 134 Å². The second-order valence-electron chi connectivity index (χ2n) is 13.7. The number of nitrogens with zero attached hydrogens (tertiary/aromatic N) is 8. The molecular formula is C37H38N8O4S. The minimum atomic E-state index is -3.40. The van der Waals surface area contributed by atoms with Crippen molar-refractivity contribution < 1.29 is 18.0 Å².